The van der Waals surface area contributed by atoms with Gasteiger partial charge in [-0.3, -0.25) is 4.99 Å². The maximum Gasteiger partial charge on any atom is 0.193 e. The Kier molecular flexibility index (Phi) is 10.5. The highest BCUT2D eigenvalue weighted by Crippen LogP contribution is 2.21. The summed E-state index contributed by atoms with van der Waals surface area (Å²) in [6, 6.07) is 7.89. The summed E-state index contributed by atoms with van der Waals surface area (Å²) >= 11 is 0. The Morgan fingerprint density at radius 1 is 1.31 bits per heavy atom. The summed E-state index contributed by atoms with van der Waals surface area (Å²) in [7, 11) is 2.42. The number of aliphatic imine (C=N–C) groups is 1. The van der Waals surface area contributed by atoms with Crippen molar-refractivity contribution in [3.8, 4) is 5.75 Å². The van der Waals surface area contributed by atoms with E-state index >= 15 is 0 Å². The van der Waals surface area contributed by atoms with Crippen LogP contribution in [0.1, 0.15) is 25.8 Å². The van der Waals surface area contributed by atoms with Crippen molar-refractivity contribution in [1.82, 2.24) is 10.2 Å². The third kappa shape index (κ3) is 9.07. The van der Waals surface area contributed by atoms with Gasteiger partial charge in [0.1, 0.15) is 15.6 Å². The molecule has 8 heteroatoms. The lowest BCUT2D eigenvalue weighted by Gasteiger charge is -2.29. The van der Waals surface area contributed by atoms with Crippen LogP contribution in [0.4, 0.5) is 0 Å². The van der Waals surface area contributed by atoms with Gasteiger partial charge in [0, 0.05) is 39.0 Å². The highest BCUT2D eigenvalue weighted by molar-refractivity contribution is 14.0. The lowest BCUT2D eigenvalue weighted by atomic mass is 9.90. The van der Waals surface area contributed by atoms with Gasteiger partial charge in [0.25, 0.3) is 0 Å². The fraction of sp³-hybridized carbons (Fsp3) is 0.611. The van der Waals surface area contributed by atoms with Crippen LogP contribution in [0.2, 0.25) is 0 Å². The number of ether oxygens (including phenoxy) is 1. The summed E-state index contributed by atoms with van der Waals surface area (Å²) in [6.07, 6.45) is 1.88. The monoisotopic (exact) mass is 497 g/mol. The summed E-state index contributed by atoms with van der Waals surface area (Å²) < 4.78 is 28.2. The van der Waals surface area contributed by atoms with Gasteiger partial charge in [0.15, 0.2) is 5.96 Å². The van der Waals surface area contributed by atoms with E-state index in [0.717, 1.165) is 17.3 Å². The van der Waals surface area contributed by atoms with Crippen LogP contribution >= 0.6 is 24.0 Å². The topological polar surface area (TPSA) is 71.0 Å². The molecule has 0 unspecified atom stereocenters. The molecule has 0 saturated heterocycles. The second-order valence-electron chi connectivity index (χ2n) is 7.11. The largest absolute Gasteiger partial charge is 0.496 e. The van der Waals surface area contributed by atoms with Gasteiger partial charge < -0.3 is 15.0 Å². The number of halogens is 1. The second-order valence-corrected chi connectivity index (χ2v) is 9.37. The highest BCUT2D eigenvalue weighted by atomic mass is 127. The number of para-hydroxylation sites is 1. The average Bonchev–Trinajstić information content (AvgIpc) is 2.53. The lowest BCUT2D eigenvalue weighted by Crippen LogP contribution is -2.43. The van der Waals surface area contributed by atoms with Crippen LogP contribution in [0.3, 0.4) is 0 Å². The normalized spacial score (nSPS) is 12.3. The molecule has 0 aliphatic rings. The minimum atomic E-state index is -2.95. The predicted molar refractivity (Wildman–Crippen MR) is 119 cm³/mol. The highest BCUT2D eigenvalue weighted by Gasteiger charge is 2.21. The molecule has 0 fully saturated rings. The minimum absolute atomic E-state index is 0. The Labute approximate surface area is 175 Å². The van der Waals surface area contributed by atoms with Gasteiger partial charge in [-0.05, 0) is 17.9 Å². The van der Waals surface area contributed by atoms with E-state index < -0.39 is 9.84 Å². The van der Waals surface area contributed by atoms with Crippen LogP contribution in [-0.4, -0.2) is 59.0 Å². The molecule has 0 radical (unpaired) electrons. The molecule has 0 spiro atoms. The van der Waals surface area contributed by atoms with Crippen molar-refractivity contribution in [2.24, 2.45) is 10.4 Å². The molecule has 1 rings (SSSR count). The molecule has 1 N–H and O–H groups in total. The first kappa shape index (κ1) is 25.0. The van der Waals surface area contributed by atoms with Crippen molar-refractivity contribution < 1.29 is 13.2 Å². The van der Waals surface area contributed by atoms with Crippen LogP contribution in [0.5, 0.6) is 5.75 Å². The molecule has 0 aromatic heterocycles. The van der Waals surface area contributed by atoms with Gasteiger partial charge in [-0.1, -0.05) is 32.0 Å². The van der Waals surface area contributed by atoms with E-state index in [1.54, 1.807) is 14.2 Å². The molecular weight excluding hydrogens is 465 g/mol. The summed E-state index contributed by atoms with van der Waals surface area (Å²) in [5, 5.41) is 3.34. The average molecular weight is 497 g/mol. The Morgan fingerprint density at radius 3 is 2.46 bits per heavy atom. The summed E-state index contributed by atoms with van der Waals surface area (Å²) in [5.41, 5.74) is 0.927. The van der Waals surface area contributed by atoms with E-state index in [-0.39, 0.29) is 35.1 Å². The van der Waals surface area contributed by atoms with Crippen molar-refractivity contribution in [2.75, 3.05) is 39.8 Å². The maximum absolute atomic E-state index is 11.4. The van der Waals surface area contributed by atoms with Crippen molar-refractivity contribution in [3.05, 3.63) is 29.8 Å². The van der Waals surface area contributed by atoms with E-state index in [4.69, 9.17) is 4.74 Å². The third-order valence-electron chi connectivity index (χ3n) is 4.05. The second kappa shape index (κ2) is 11.0. The minimum Gasteiger partial charge on any atom is -0.496 e. The Morgan fingerprint density at radius 2 is 1.92 bits per heavy atom. The molecule has 0 aliphatic heterocycles. The first-order valence-electron chi connectivity index (χ1n) is 8.29. The number of sulfone groups is 1. The standard InChI is InChI=1S/C18H31N3O3S.HI/c1-18(2,11-12-25(6,22)23)14-20-17(19-3)21(4)13-15-9-7-8-10-16(15)24-5;/h7-10H,11-14H2,1-6H3,(H,19,20);1H. The Bertz CT molecular complexity index is 691. The molecule has 0 heterocycles. The van der Waals surface area contributed by atoms with Gasteiger partial charge in [-0.25, -0.2) is 8.42 Å². The number of rotatable bonds is 8. The molecule has 0 saturated carbocycles. The van der Waals surface area contributed by atoms with Gasteiger partial charge in [-0.15, -0.1) is 24.0 Å². The SMILES string of the molecule is CN=C(NCC(C)(C)CCS(C)(=O)=O)N(C)Cc1ccccc1OC.I. The lowest BCUT2D eigenvalue weighted by molar-refractivity contribution is 0.339. The van der Waals surface area contributed by atoms with Crippen LogP contribution in [-0.2, 0) is 16.4 Å². The van der Waals surface area contributed by atoms with Crippen LogP contribution in [0, 0.1) is 5.41 Å². The zero-order valence-electron chi connectivity index (χ0n) is 16.6. The molecular formula is C18H32IN3O3S. The Balaban J connectivity index is 0.00000625. The van der Waals surface area contributed by atoms with Gasteiger partial charge >= 0.3 is 0 Å². The van der Waals surface area contributed by atoms with Crippen molar-refractivity contribution >= 4 is 39.8 Å². The van der Waals surface area contributed by atoms with Crippen molar-refractivity contribution in [2.45, 2.75) is 26.8 Å². The number of hydrogen-bond donors (Lipinski definition) is 1. The predicted octanol–water partition coefficient (Wildman–Crippen LogP) is 2.78. The molecule has 0 aliphatic carbocycles. The summed E-state index contributed by atoms with van der Waals surface area (Å²) in [4.78, 5) is 6.34. The third-order valence-corrected chi connectivity index (χ3v) is 4.99. The number of methoxy groups -OCH3 is 1. The van der Waals surface area contributed by atoms with Gasteiger partial charge in [-0.2, -0.15) is 0 Å². The molecule has 0 atom stereocenters. The number of guanidine groups is 1. The van der Waals surface area contributed by atoms with E-state index in [1.807, 2.05) is 36.2 Å². The van der Waals surface area contributed by atoms with Crippen molar-refractivity contribution in [3.63, 3.8) is 0 Å². The van der Waals surface area contributed by atoms with E-state index in [1.165, 1.54) is 6.26 Å². The van der Waals surface area contributed by atoms with E-state index in [9.17, 15) is 8.42 Å². The molecule has 26 heavy (non-hydrogen) atoms. The fourth-order valence-corrected chi connectivity index (χ4v) is 3.34. The van der Waals surface area contributed by atoms with E-state index in [2.05, 4.69) is 24.2 Å². The quantitative estimate of drug-likeness (QED) is 0.340. The first-order valence-corrected chi connectivity index (χ1v) is 10.4. The molecule has 0 amide bonds. The number of nitrogens with zero attached hydrogens (tertiary/aromatic N) is 2. The molecule has 6 nitrogen and oxygen atoms in total. The van der Waals surface area contributed by atoms with Crippen molar-refractivity contribution in [1.29, 1.82) is 0 Å². The number of nitrogens with one attached hydrogen (secondary N) is 1. The fourth-order valence-electron chi connectivity index (χ4n) is 2.42. The van der Waals surface area contributed by atoms with Gasteiger partial charge in [0.2, 0.25) is 0 Å². The van der Waals surface area contributed by atoms with Crippen LogP contribution in [0.25, 0.3) is 0 Å². The summed E-state index contributed by atoms with van der Waals surface area (Å²) in [5.74, 6) is 1.80. The number of hydrogen-bond acceptors (Lipinski definition) is 4. The number of benzene rings is 1. The first-order chi connectivity index (χ1) is 11.6. The summed E-state index contributed by atoms with van der Waals surface area (Å²) in [6.45, 7) is 5.41. The zero-order chi connectivity index (χ0) is 19.1. The van der Waals surface area contributed by atoms with E-state index in [0.29, 0.717) is 19.5 Å². The van der Waals surface area contributed by atoms with Crippen LogP contribution < -0.4 is 10.1 Å². The Hall–Kier alpha value is -1.03. The molecule has 1 aromatic rings. The molecule has 0 bridgehead atoms. The van der Waals surface area contributed by atoms with Gasteiger partial charge in [0.05, 0.1) is 12.9 Å². The zero-order valence-corrected chi connectivity index (χ0v) is 19.7. The molecule has 150 valence electrons. The van der Waals surface area contributed by atoms with Crippen LogP contribution in [0.15, 0.2) is 29.3 Å². The maximum atomic E-state index is 11.4. The molecule has 1 aromatic carbocycles. The smallest absolute Gasteiger partial charge is 0.193 e.